The molecule has 0 radical (unpaired) electrons. The molecule has 0 saturated heterocycles. The van der Waals surface area contributed by atoms with E-state index in [4.69, 9.17) is 14.2 Å². The van der Waals surface area contributed by atoms with Crippen molar-refractivity contribution in [3.05, 3.63) is 131 Å². The molecule has 180 valence electrons. The zero-order valence-electron chi connectivity index (χ0n) is 19.9. The van der Waals surface area contributed by atoms with Gasteiger partial charge in [0.05, 0.1) is 5.56 Å². The molecule has 4 rings (SSSR count). The lowest BCUT2D eigenvalue weighted by Gasteiger charge is -2.11. The first-order valence-electron chi connectivity index (χ1n) is 11.6. The van der Waals surface area contributed by atoms with E-state index in [2.05, 4.69) is 0 Å². The van der Waals surface area contributed by atoms with Gasteiger partial charge in [-0.25, -0.2) is 4.79 Å². The molecule has 0 N–H and O–H groups in total. The molecule has 36 heavy (non-hydrogen) atoms. The Morgan fingerprint density at radius 3 is 1.83 bits per heavy atom. The minimum absolute atomic E-state index is 0.160. The summed E-state index contributed by atoms with van der Waals surface area (Å²) < 4.78 is 17.1. The zero-order valence-corrected chi connectivity index (χ0v) is 19.9. The van der Waals surface area contributed by atoms with Crippen molar-refractivity contribution in [3.8, 4) is 17.2 Å². The summed E-state index contributed by atoms with van der Waals surface area (Å²) in [4.78, 5) is 24.5. The largest absolute Gasteiger partial charge is 0.489 e. The Bertz CT molecular complexity index is 1330. The second kappa shape index (κ2) is 12.2. The Balaban J connectivity index is 1.36. The maximum atomic E-state index is 12.5. The summed E-state index contributed by atoms with van der Waals surface area (Å²) >= 11 is 0. The fourth-order valence-electron chi connectivity index (χ4n) is 3.43. The normalized spacial score (nSPS) is 10.7. The number of carbonyl (C=O) groups is 2. The smallest absolute Gasteiger partial charge is 0.336 e. The topological polar surface area (TPSA) is 61.8 Å². The molecule has 0 spiro atoms. The molecule has 4 aromatic carbocycles. The van der Waals surface area contributed by atoms with Gasteiger partial charge in [0.1, 0.15) is 30.5 Å². The molecule has 0 unspecified atom stereocenters. The number of hydrogen-bond acceptors (Lipinski definition) is 5. The molecule has 4 aromatic rings. The van der Waals surface area contributed by atoms with E-state index >= 15 is 0 Å². The molecular formula is C31H26O5. The Kier molecular flexibility index (Phi) is 8.28. The van der Waals surface area contributed by atoms with Crippen LogP contribution in [0.15, 0.2) is 109 Å². The van der Waals surface area contributed by atoms with Crippen molar-refractivity contribution in [2.75, 3.05) is 0 Å². The Labute approximate surface area is 210 Å². The second-order valence-corrected chi connectivity index (χ2v) is 8.09. The van der Waals surface area contributed by atoms with Gasteiger partial charge < -0.3 is 14.2 Å². The fourth-order valence-corrected chi connectivity index (χ4v) is 3.43. The van der Waals surface area contributed by atoms with Gasteiger partial charge in [0.2, 0.25) is 0 Å². The lowest BCUT2D eigenvalue weighted by Crippen LogP contribution is -2.08. The van der Waals surface area contributed by atoms with Crippen LogP contribution in [-0.4, -0.2) is 11.8 Å². The Morgan fingerprint density at radius 1 is 0.694 bits per heavy atom. The molecule has 0 aromatic heterocycles. The van der Waals surface area contributed by atoms with E-state index in [1.54, 1.807) is 24.3 Å². The van der Waals surface area contributed by atoms with Crippen LogP contribution in [0.4, 0.5) is 0 Å². The van der Waals surface area contributed by atoms with E-state index in [1.165, 1.54) is 13.0 Å². The molecule has 0 heterocycles. The van der Waals surface area contributed by atoms with Crippen LogP contribution in [0.25, 0.3) is 6.08 Å². The van der Waals surface area contributed by atoms with Gasteiger partial charge in [0, 0.05) is 12.1 Å². The predicted octanol–water partition coefficient (Wildman–Crippen LogP) is 6.67. The summed E-state index contributed by atoms with van der Waals surface area (Å²) in [5.41, 5.74) is 3.21. The van der Waals surface area contributed by atoms with E-state index in [-0.39, 0.29) is 11.5 Å². The van der Waals surface area contributed by atoms with E-state index in [0.29, 0.717) is 24.5 Å². The van der Waals surface area contributed by atoms with Crippen LogP contribution in [0.2, 0.25) is 0 Å². The van der Waals surface area contributed by atoms with Crippen LogP contribution in [0.3, 0.4) is 0 Å². The summed E-state index contributed by atoms with van der Waals surface area (Å²) in [6.45, 7) is 2.27. The number of carbonyl (C=O) groups excluding carboxylic acids is 2. The third-order valence-corrected chi connectivity index (χ3v) is 5.33. The third-order valence-electron chi connectivity index (χ3n) is 5.33. The summed E-state index contributed by atoms with van der Waals surface area (Å²) in [5.74, 6) is 0.593. The molecular weight excluding hydrogens is 452 g/mol. The number of ketones is 1. The maximum absolute atomic E-state index is 12.5. The van der Waals surface area contributed by atoms with Gasteiger partial charge >= 0.3 is 5.97 Å². The average molecular weight is 479 g/mol. The van der Waals surface area contributed by atoms with Gasteiger partial charge in [-0.05, 0) is 54.0 Å². The fraction of sp³-hybridized carbons (Fsp3) is 0.0968. The molecule has 0 bridgehead atoms. The molecule has 0 fully saturated rings. The standard InChI is InChI=1S/C31H26O5/c1-23(32)29-18-17-28(35-22-26-10-6-3-7-11-26)20-30(29)36-31(33)19-14-24-12-15-27(16-13-24)34-21-25-8-4-2-5-9-25/h2-20H,21-22H2,1H3/b19-14+. The van der Waals surface area contributed by atoms with Crippen molar-refractivity contribution in [2.24, 2.45) is 0 Å². The first-order chi connectivity index (χ1) is 17.6. The zero-order chi connectivity index (χ0) is 25.2. The summed E-state index contributed by atoms with van der Waals surface area (Å²) in [7, 11) is 0. The molecule has 0 saturated carbocycles. The third kappa shape index (κ3) is 7.18. The van der Waals surface area contributed by atoms with Crippen LogP contribution in [0, 0.1) is 0 Å². The highest BCUT2D eigenvalue weighted by Gasteiger charge is 2.13. The monoisotopic (exact) mass is 478 g/mol. The summed E-state index contributed by atoms with van der Waals surface area (Å²) in [6, 6.07) is 31.9. The molecule has 0 aliphatic rings. The van der Waals surface area contributed by atoms with Gasteiger partial charge in [0.25, 0.3) is 0 Å². The van der Waals surface area contributed by atoms with Crippen LogP contribution >= 0.6 is 0 Å². The van der Waals surface area contributed by atoms with Crippen LogP contribution in [0.5, 0.6) is 17.2 Å². The molecule has 0 aliphatic heterocycles. The molecule has 0 aliphatic carbocycles. The number of esters is 1. The average Bonchev–Trinajstić information content (AvgIpc) is 2.91. The van der Waals surface area contributed by atoms with Crippen molar-refractivity contribution in [2.45, 2.75) is 20.1 Å². The van der Waals surface area contributed by atoms with Crippen molar-refractivity contribution in [1.82, 2.24) is 0 Å². The van der Waals surface area contributed by atoms with Gasteiger partial charge in [-0.2, -0.15) is 0 Å². The number of Topliss-reactive ketones (excluding diaryl/α,β-unsaturated/α-hetero) is 1. The lowest BCUT2D eigenvalue weighted by atomic mass is 10.1. The number of benzene rings is 4. The van der Waals surface area contributed by atoms with Crippen molar-refractivity contribution >= 4 is 17.8 Å². The van der Waals surface area contributed by atoms with Crippen LogP contribution in [-0.2, 0) is 18.0 Å². The Morgan fingerprint density at radius 2 is 1.25 bits per heavy atom. The molecule has 5 nitrogen and oxygen atoms in total. The minimum Gasteiger partial charge on any atom is -0.489 e. The maximum Gasteiger partial charge on any atom is 0.336 e. The van der Waals surface area contributed by atoms with Crippen molar-refractivity contribution < 1.29 is 23.8 Å². The Hall–Kier alpha value is -4.64. The summed E-state index contributed by atoms with van der Waals surface area (Å²) in [5, 5.41) is 0. The second-order valence-electron chi connectivity index (χ2n) is 8.09. The minimum atomic E-state index is -0.595. The van der Waals surface area contributed by atoms with Crippen molar-refractivity contribution in [1.29, 1.82) is 0 Å². The predicted molar refractivity (Wildman–Crippen MR) is 139 cm³/mol. The lowest BCUT2D eigenvalue weighted by molar-refractivity contribution is -0.128. The van der Waals surface area contributed by atoms with Crippen LogP contribution < -0.4 is 14.2 Å². The van der Waals surface area contributed by atoms with E-state index in [9.17, 15) is 9.59 Å². The number of hydrogen-bond donors (Lipinski definition) is 0. The number of rotatable bonds is 10. The van der Waals surface area contributed by atoms with Gasteiger partial charge in [-0.15, -0.1) is 0 Å². The molecule has 0 amide bonds. The SMILES string of the molecule is CC(=O)c1ccc(OCc2ccccc2)cc1OC(=O)/C=C/c1ccc(OCc2ccccc2)cc1. The van der Waals surface area contributed by atoms with Crippen LogP contribution in [0.1, 0.15) is 34.0 Å². The highest BCUT2D eigenvalue weighted by Crippen LogP contribution is 2.26. The van der Waals surface area contributed by atoms with E-state index in [0.717, 1.165) is 22.4 Å². The molecule has 5 heteroatoms. The van der Waals surface area contributed by atoms with E-state index in [1.807, 2.05) is 84.9 Å². The summed E-state index contributed by atoms with van der Waals surface area (Å²) in [6.07, 6.45) is 2.97. The quantitative estimate of drug-likeness (QED) is 0.110. The van der Waals surface area contributed by atoms with E-state index < -0.39 is 5.97 Å². The number of ether oxygens (including phenoxy) is 3. The first kappa shape index (κ1) is 24.5. The molecule has 0 atom stereocenters. The first-order valence-corrected chi connectivity index (χ1v) is 11.6. The highest BCUT2D eigenvalue weighted by molar-refractivity contribution is 5.98. The highest BCUT2D eigenvalue weighted by atomic mass is 16.5. The van der Waals surface area contributed by atoms with Gasteiger partial charge in [-0.3, -0.25) is 4.79 Å². The van der Waals surface area contributed by atoms with Gasteiger partial charge in [0.15, 0.2) is 5.78 Å². The van der Waals surface area contributed by atoms with Gasteiger partial charge in [-0.1, -0.05) is 72.8 Å². The van der Waals surface area contributed by atoms with Crippen molar-refractivity contribution in [3.63, 3.8) is 0 Å².